The molecule has 2 N–H and O–H groups in total. The second kappa shape index (κ2) is 5.69. The maximum Gasteiger partial charge on any atom is 0.0446 e. The third-order valence-electron chi connectivity index (χ3n) is 2.99. The number of aliphatic hydroxyl groups excluding tert-OH is 1. The average molecular weight is 200 g/mol. The van der Waals surface area contributed by atoms with Gasteiger partial charge in [-0.25, -0.2) is 0 Å². The largest absolute Gasteiger partial charge is 0.396 e. The van der Waals surface area contributed by atoms with E-state index in [2.05, 4.69) is 31.0 Å². The van der Waals surface area contributed by atoms with E-state index >= 15 is 0 Å². The zero-order chi connectivity index (χ0) is 10.6. The molecule has 14 heavy (non-hydrogen) atoms. The molecule has 1 saturated heterocycles. The van der Waals surface area contributed by atoms with Crippen LogP contribution in [0.25, 0.3) is 0 Å². The van der Waals surface area contributed by atoms with Gasteiger partial charge in [0, 0.05) is 31.8 Å². The summed E-state index contributed by atoms with van der Waals surface area (Å²) in [6, 6.07) is 1.08. The lowest BCUT2D eigenvalue weighted by Gasteiger charge is -2.33. The number of rotatable bonds is 3. The van der Waals surface area contributed by atoms with Gasteiger partial charge in [-0.1, -0.05) is 6.92 Å². The summed E-state index contributed by atoms with van der Waals surface area (Å²) in [5.74, 6) is 0.709. The van der Waals surface area contributed by atoms with Gasteiger partial charge in [0.05, 0.1) is 0 Å². The third kappa shape index (κ3) is 3.23. The summed E-state index contributed by atoms with van der Waals surface area (Å²) in [5.41, 5.74) is 0. The van der Waals surface area contributed by atoms with Gasteiger partial charge in [-0.2, -0.15) is 0 Å². The molecule has 2 unspecified atom stereocenters. The van der Waals surface area contributed by atoms with Crippen molar-refractivity contribution in [1.82, 2.24) is 10.2 Å². The Morgan fingerprint density at radius 3 is 2.71 bits per heavy atom. The van der Waals surface area contributed by atoms with Gasteiger partial charge < -0.3 is 10.4 Å². The number of nitrogens with zero attached hydrogens (tertiary/aromatic N) is 1. The van der Waals surface area contributed by atoms with Crippen molar-refractivity contribution in [2.75, 3.05) is 26.2 Å². The van der Waals surface area contributed by atoms with E-state index < -0.39 is 0 Å². The van der Waals surface area contributed by atoms with Crippen molar-refractivity contribution in [1.29, 1.82) is 0 Å². The van der Waals surface area contributed by atoms with E-state index in [9.17, 15) is 0 Å². The summed E-state index contributed by atoms with van der Waals surface area (Å²) in [4.78, 5) is 2.51. The minimum absolute atomic E-state index is 0.296. The Labute approximate surface area is 87.5 Å². The lowest BCUT2D eigenvalue weighted by Crippen LogP contribution is -2.44. The van der Waals surface area contributed by atoms with Crippen molar-refractivity contribution in [2.45, 2.75) is 39.3 Å². The molecule has 0 radical (unpaired) electrons. The highest BCUT2D eigenvalue weighted by Crippen LogP contribution is 2.14. The minimum Gasteiger partial charge on any atom is -0.396 e. The molecule has 1 fully saturated rings. The fraction of sp³-hybridized carbons (Fsp3) is 1.00. The molecule has 1 aliphatic heterocycles. The predicted molar refractivity (Wildman–Crippen MR) is 59.4 cm³/mol. The summed E-state index contributed by atoms with van der Waals surface area (Å²) < 4.78 is 0. The molecule has 2 atom stereocenters. The van der Waals surface area contributed by atoms with Crippen LogP contribution < -0.4 is 5.32 Å². The van der Waals surface area contributed by atoms with Crippen LogP contribution in [0.2, 0.25) is 0 Å². The van der Waals surface area contributed by atoms with Crippen LogP contribution in [0.1, 0.15) is 27.2 Å². The Morgan fingerprint density at radius 2 is 2.14 bits per heavy atom. The van der Waals surface area contributed by atoms with Crippen molar-refractivity contribution in [2.24, 2.45) is 5.92 Å². The zero-order valence-corrected chi connectivity index (χ0v) is 9.66. The molecule has 1 heterocycles. The van der Waals surface area contributed by atoms with E-state index in [-0.39, 0.29) is 0 Å². The fourth-order valence-corrected chi connectivity index (χ4v) is 2.24. The van der Waals surface area contributed by atoms with Gasteiger partial charge in [0.1, 0.15) is 0 Å². The van der Waals surface area contributed by atoms with Crippen LogP contribution in [0.3, 0.4) is 0 Å². The normalized spacial score (nSPS) is 30.6. The lowest BCUT2D eigenvalue weighted by atomic mass is 10.1. The fourth-order valence-electron chi connectivity index (χ4n) is 2.24. The molecule has 0 aliphatic carbocycles. The summed E-state index contributed by atoms with van der Waals surface area (Å²) in [6.07, 6.45) is 0.887. The van der Waals surface area contributed by atoms with Crippen LogP contribution in [0.5, 0.6) is 0 Å². The van der Waals surface area contributed by atoms with E-state index in [4.69, 9.17) is 5.11 Å². The van der Waals surface area contributed by atoms with Gasteiger partial charge in [0.25, 0.3) is 0 Å². The first-order valence-electron chi connectivity index (χ1n) is 5.72. The first kappa shape index (κ1) is 12.0. The molecule has 0 spiro atoms. The topological polar surface area (TPSA) is 35.5 Å². The Balaban J connectivity index is 2.59. The standard InChI is InChI=1S/C11H24N2O/c1-9(2)13-8-10(3)6-12-7-11(13)4-5-14/h9-12,14H,4-8H2,1-3H3. The van der Waals surface area contributed by atoms with Gasteiger partial charge in [-0.15, -0.1) is 0 Å². The highest BCUT2D eigenvalue weighted by atomic mass is 16.3. The third-order valence-corrected chi connectivity index (χ3v) is 2.99. The quantitative estimate of drug-likeness (QED) is 0.703. The van der Waals surface area contributed by atoms with Gasteiger partial charge in [0.2, 0.25) is 0 Å². The van der Waals surface area contributed by atoms with Crippen LogP contribution in [-0.2, 0) is 0 Å². The molecule has 0 aromatic carbocycles. The SMILES string of the molecule is CC1CNCC(CCO)N(C(C)C)C1. The molecule has 0 aromatic heterocycles. The Bertz CT molecular complexity index is 161. The molecule has 1 rings (SSSR count). The maximum absolute atomic E-state index is 9.02. The Kier molecular flexibility index (Phi) is 4.85. The second-order valence-corrected chi connectivity index (χ2v) is 4.72. The van der Waals surface area contributed by atoms with E-state index in [1.807, 2.05) is 0 Å². The number of hydrogen-bond donors (Lipinski definition) is 2. The van der Waals surface area contributed by atoms with Crippen molar-refractivity contribution < 1.29 is 5.11 Å². The number of nitrogens with one attached hydrogen (secondary N) is 1. The van der Waals surface area contributed by atoms with Crippen LogP contribution >= 0.6 is 0 Å². The van der Waals surface area contributed by atoms with E-state index in [1.165, 1.54) is 0 Å². The Hall–Kier alpha value is -0.120. The lowest BCUT2D eigenvalue weighted by molar-refractivity contribution is 0.124. The van der Waals surface area contributed by atoms with Crippen LogP contribution in [0.4, 0.5) is 0 Å². The van der Waals surface area contributed by atoms with E-state index in [0.717, 1.165) is 26.1 Å². The first-order chi connectivity index (χ1) is 6.65. The second-order valence-electron chi connectivity index (χ2n) is 4.72. The molecular formula is C11H24N2O. The first-order valence-corrected chi connectivity index (χ1v) is 5.72. The molecule has 3 heteroatoms. The number of hydrogen-bond acceptors (Lipinski definition) is 3. The van der Waals surface area contributed by atoms with Crippen molar-refractivity contribution >= 4 is 0 Å². The smallest absolute Gasteiger partial charge is 0.0446 e. The molecule has 3 nitrogen and oxygen atoms in total. The predicted octanol–water partition coefficient (Wildman–Crippen LogP) is 0.687. The molecule has 0 aromatic rings. The molecule has 0 bridgehead atoms. The average Bonchev–Trinajstić information content (AvgIpc) is 2.29. The van der Waals surface area contributed by atoms with Crippen molar-refractivity contribution in [3.8, 4) is 0 Å². The summed E-state index contributed by atoms with van der Waals surface area (Å²) in [7, 11) is 0. The summed E-state index contributed by atoms with van der Waals surface area (Å²) in [5, 5.41) is 12.5. The van der Waals surface area contributed by atoms with Gasteiger partial charge in [-0.3, -0.25) is 4.90 Å². The molecule has 0 saturated carbocycles. The van der Waals surface area contributed by atoms with Crippen LogP contribution in [-0.4, -0.2) is 48.3 Å². The summed E-state index contributed by atoms with van der Waals surface area (Å²) >= 11 is 0. The van der Waals surface area contributed by atoms with Crippen LogP contribution in [0.15, 0.2) is 0 Å². The van der Waals surface area contributed by atoms with Gasteiger partial charge >= 0.3 is 0 Å². The Morgan fingerprint density at radius 1 is 1.43 bits per heavy atom. The van der Waals surface area contributed by atoms with Gasteiger partial charge in [-0.05, 0) is 32.7 Å². The van der Waals surface area contributed by atoms with Crippen LogP contribution in [0, 0.1) is 5.92 Å². The molecular weight excluding hydrogens is 176 g/mol. The summed E-state index contributed by atoms with van der Waals surface area (Å²) in [6.45, 7) is 10.3. The minimum atomic E-state index is 0.296. The number of aliphatic hydroxyl groups is 1. The highest BCUT2D eigenvalue weighted by molar-refractivity contribution is 4.82. The molecule has 1 aliphatic rings. The maximum atomic E-state index is 9.02. The van der Waals surface area contributed by atoms with Crippen molar-refractivity contribution in [3.63, 3.8) is 0 Å². The van der Waals surface area contributed by atoms with Crippen molar-refractivity contribution in [3.05, 3.63) is 0 Å². The monoisotopic (exact) mass is 200 g/mol. The zero-order valence-electron chi connectivity index (χ0n) is 9.66. The molecule has 0 amide bonds. The van der Waals surface area contributed by atoms with Gasteiger partial charge in [0.15, 0.2) is 0 Å². The highest BCUT2D eigenvalue weighted by Gasteiger charge is 2.25. The van der Waals surface area contributed by atoms with E-state index in [1.54, 1.807) is 0 Å². The molecule has 84 valence electrons. The van der Waals surface area contributed by atoms with E-state index in [0.29, 0.717) is 24.6 Å².